The Hall–Kier alpha value is -0.800. The molecule has 0 fully saturated rings. The van der Waals surface area contributed by atoms with Crippen LogP contribution in [0.1, 0.15) is 0 Å². The van der Waals surface area contributed by atoms with Crippen molar-refractivity contribution < 1.29 is 26.3 Å². The third kappa shape index (κ3) is 6.69. The van der Waals surface area contributed by atoms with Crippen LogP contribution in [0.2, 0.25) is 0 Å². The summed E-state index contributed by atoms with van der Waals surface area (Å²) in [5, 5.41) is 0. The molecule has 0 amide bonds. The predicted molar refractivity (Wildman–Crippen MR) is 47.8 cm³/mol. The van der Waals surface area contributed by atoms with Gasteiger partial charge in [0.25, 0.3) is 10.1 Å². The first-order valence-electron chi connectivity index (χ1n) is 3.15. The molecule has 6 nitrogen and oxygen atoms in total. The second-order valence-electron chi connectivity index (χ2n) is 2.01. The smallest absolute Gasteiger partial charge is 0.294 e. The van der Waals surface area contributed by atoms with Crippen LogP contribution >= 0.6 is 0 Å². The molecule has 0 radical (unpaired) electrons. The highest BCUT2D eigenvalue weighted by atomic mass is 32.2. The van der Waals surface area contributed by atoms with Crippen LogP contribution in [0.5, 0.6) is 0 Å². The topological polar surface area (TPSA) is 115 Å². The summed E-state index contributed by atoms with van der Waals surface area (Å²) in [7, 11) is -4.00. The lowest BCUT2D eigenvalue weighted by Crippen LogP contribution is -1.96. The molecule has 0 spiro atoms. The van der Waals surface area contributed by atoms with Crippen LogP contribution in [0.15, 0.2) is 35.2 Å². The minimum atomic E-state index is -4.00. The SMILES string of the molecule is O=S(=O)(O)c1ccccc1.O=S([O-])O. The van der Waals surface area contributed by atoms with Gasteiger partial charge in [-0.3, -0.25) is 4.55 Å². The van der Waals surface area contributed by atoms with Crippen LogP contribution in [0.3, 0.4) is 0 Å². The molecule has 8 heteroatoms. The van der Waals surface area contributed by atoms with Crippen LogP contribution < -0.4 is 0 Å². The summed E-state index contributed by atoms with van der Waals surface area (Å²) in [5.41, 5.74) is 0. The van der Waals surface area contributed by atoms with Gasteiger partial charge in [0.2, 0.25) is 0 Å². The maximum absolute atomic E-state index is 10.4. The third-order valence-corrected chi connectivity index (χ3v) is 1.91. The molecule has 0 aliphatic heterocycles. The standard InChI is InChI=1S/C6H6O3S.H2O3S/c7-10(8,9)6-4-2-1-3-5-6;1-4(2)3/h1-5H,(H,7,8,9);(H2,1,2,3)/p-1. The van der Waals surface area contributed by atoms with Gasteiger partial charge in [0.1, 0.15) is 0 Å². The molecular weight excluding hydrogens is 232 g/mol. The van der Waals surface area contributed by atoms with Crippen molar-refractivity contribution in [2.75, 3.05) is 0 Å². The summed E-state index contributed by atoms with van der Waals surface area (Å²) >= 11 is -2.86. The number of benzene rings is 1. The highest BCUT2D eigenvalue weighted by Gasteiger charge is 2.05. The maximum atomic E-state index is 10.4. The fourth-order valence-electron chi connectivity index (χ4n) is 0.592. The average Bonchev–Trinajstić information content (AvgIpc) is 2.03. The lowest BCUT2D eigenvalue weighted by Gasteiger charge is -1.92. The zero-order valence-electron chi connectivity index (χ0n) is 6.73. The van der Waals surface area contributed by atoms with E-state index in [2.05, 4.69) is 0 Å². The number of hydrogen-bond donors (Lipinski definition) is 2. The van der Waals surface area contributed by atoms with Crippen LogP contribution in [-0.4, -0.2) is 26.3 Å². The monoisotopic (exact) mass is 239 g/mol. The van der Waals surface area contributed by atoms with Crippen molar-refractivity contribution in [3.05, 3.63) is 30.3 Å². The van der Waals surface area contributed by atoms with E-state index < -0.39 is 21.5 Å². The normalized spacial score (nSPS) is 12.5. The third-order valence-electron chi connectivity index (χ3n) is 1.04. The largest absolute Gasteiger partial charge is 0.750 e. The second-order valence-corrected chi connectivity index (χ2v) is 3.86. The van der Waals surface area contributed by atoms with Crippen LogP contribution in [0.4, 0.5) is 0 Å². The first-order valence-corrected chi connectivity index (χ1v) is 5.62. The molecule has 1 rings (SSSR count). The van der Waals surface area contributed by atoms with Crippen molar-refractivity contribution in [1.82, 2.24) is 0 Å². The van der Waals surface area contributed by atoms with E-state index >= 15 is 0 Å². The first kappa shape index (κ1) is 13.2. The first-order chi connectivity index (χ1) is 6.34. The quantitative estimate of drug-likeness (QED) is 0.537. The van der Waals surface area contributed by atoms with E-state index in [-0.39, 0.29) is 4.90 Å². The molecule has 80 valence electrons. The molecule has 0 saturated carbocycles. The van der Waals surface area contributed by atoms with Gasteiger partial charge in [-0.1, -0.05) is 18.2 Å². The average molecular weight is 239 g/mol. The van der Waals surface area contributed by atoms with E-state index in [0.29, 0.717) is 0 Å². The Bertz CT molecular complexity index is 380. The van der Waals surface area contributed by atoms with Crippen LogP contribution in [-0.2, 0) is 21.5 Å². The molecule has 0 bridgehead atoms. The van der Waals surface area contributed by atoms with Crippen LogP contribution in [0, 0.1) is 0 Å². The van der Waals surface area contributed by atoms with Crippen molar-refractivity contribution in [3.63, 3.8) is 0 Å². The summed E-state index contributed by atoms with van der Waals surface area (Å²) in [6.07, 6.45) is 0. The molecule has 2 N–H and O–H groups in total. The summed E-state index contributed by atoms with van der Waals surface area (Å²) in [6, 6.07) is 7.42. The van der Waals surface area contributed by atoms with Crippen molar-refractivity contribution >= 4 is 21.5 Å². The van der Waals surface area contributed by atoms with E-state index in [4.69, 9.17) is 17.9 Å². The Morgan fingerprint density at radius 1 is 1.21 bits per heavy atom. The molecule has 1 aromatic carbocycles. The summed E-state index contributed by atoms with van der Waals surface area (Å²) in [4.78, 5) is -0.0741. The molecule has 1 unspecified atom stereocenters. The fourth-order valence-corrected chi connectivity index (χ4v) is 1.09. The van der Waals surface area contributed by atoms with Gasteiger partial charge in [-0.25, -0.2) is 4.21 Å². The van der Waals surface area contributed by atoms with Gasteiger partial charge < -0.3 is 9.11 Å². The van der Waals surface area contributed by atoms with E-state index in [0.717, 1.165) is 0 Å². The van der Waals surface area contributed by atoms with Gasteiger partial charge in [-0.2, -0.15) is 8.42 Å². The zero-order valence-corrected chi connectivity index (χ0v) is 8.36. The van der Waals surface area contributed by atoms with E-state index in [1.165, 1.54) is 12.1 Å². The summed E-state index contributed by atoms with van der Waals surface area (Å²) in [6.45, 7) is 0. The summed E-state index contributed by atoms with van der Waals surface area (Å²) < 4.78 is 53.3. The molecular formula is C6H7O6S2-. The Morgan fingerprint density at radius 3 is 1.79 bits per heavy atom. The number of hydrogen-bond acceptors (Lipinski definition) is 4. The molecule has 1 aromatic rings. The molecule has 0 aliphatic rings. The Balaban J connectivity index is 0.000000364. The van der Waals surface area contributed by atoms with Gasteiger partial charge in [-0.15, -0.1) is 0 Å². The molecule has 0 aliphatic carbocycles. The lowest BCUT2D eigenvalue weighted by atomic mass is 10.4. The molecule has 0 aromatic heterocycles. The van der Waals surface area contributed by atoms with Crippen molar-refractivity contribution in [2.24, 2.45) is 0 Å². The predicted octanol–water partition coefficient (Wildman–Crippen LogP) is 0.272. The Labute approximate surface area is 83.4 Å². The second kappa shape index (κ2) is 5.83. The summed E-state index contributed by atoms with van der Waals surface area (Å²) in [5.74, 6) is 0. The van der Waals surface area contributed by atoms with E-state index in [1.807, 2.05) is 0 Å². The van der Waals surface area contributed by atoms with Gasteiger partial charge in [0, 0.05) is 0 Å². The minimum Gasteiger partial charge on any atom is -0.750 e. The van der Waals surface area contributed by atoms with Gasteiger partial charge in [0.15, 0.2) is 0 Å². The molecule has 14 heavy (non-hydrogen) atoms. The Kier molecular flexibility index (Phi) is 5.50. The van der Waals surface area contributed by atoms with Gasteiger partial charge in [-0.05, 0) is 12.1 Å². The molecule has 1 atom stereocenters. The molecule has 0 saturated heterocycles. The van der Waals surface area contributed by atoms with Crippen LogP contribution in [0.25, 0.3) is 0 Å². The number of rotatable bonds is 1. The minimum absolute atomic E-state index is 0.0741. The van der Waals surface area contributed by atoms with Gasteiger partial charge >= 0.3 is 0 Å². The zero-order chi connectivity index (χ0) is 11.2. The molecule has 0 heterocycles. The van der Waals surface area contributed by atoms with E-state index in [9.17, 15) is 8.42 Å². The highest BCUT2D eigenvalue weighted by molar-refractivity contribution is 7.85. The maximum Gasteiger partial charge on any atom is 0.294 e. The van der Waals surface area contributed by atoms with Crippen molar-refractivity contribution in [1.29, 1.82) is 0 Å². The lowest BCUT2D eigenvalue weighted by molar-refractivity contribution is 0.436. The van der Waals surface area contributed by atoms with E-state index in [1.54, 1.807) is 18.2 Å². The Morgan fingerprint density at radius 2 is 1.57 bits per heavy atom. The fraction of sp³-hybridized carbons (Fsp3) is 0. The van der Waals surface area contributed by atoms with Gasteiger partial charge in [0.05, 0.1) is 16.3 Å². The van der Waals surface area contributed by atoms with Crippen molar-refractivity contribution in [2.45, 2.75) is 4.90 Å². The van der Waals surface area contributed by atoms with Crippen molar-refractivity contribution in [3.8, 4) is 0 Å². The highest BCUT2D eigenvalue weighted by Crippen LogP contribution is 2.05.